The summed E-state index contributed by atoms with van der Waals surface area (Å²) in [5, 5.41) is 6.72. The second-order valence-corrected chi connectivity index (χ2v) is 6.59. The maximum absolute atomic E-state index is 12.3. The van der Waals surface area contributed by atoms with Gasteiger partial charge in [-0.1, -0.05) is 19.8 Å². The zero-order valence-corrected chi connectivity index (χ0v) is 12.6. The lowest BCUT2D eigenvalue weighted by Gasteiger charge is -2.32. The molecule has 0 aromatic carbocycles. The fraction of sp³-hybridized carbons (Fsp3) is 0.938. The molecule has 1 aliphatic heterocycles. The Labute approximate surface area is 117 Å². The van der Waals surface area contributed by atoms with Gasteiger partial charge in [0, 0.05) is 18.0 Å². The van der Waals surface area contributed by atoms with Crippen molar-refractivity contribution < 1.29 is 4.79 Å². The molecule has 0 bridgehead atoms. The molecular formula is C16H30N2O. The number of carbonyl (C=O) groups is 1. The van der Waals surface area contributed by atoms with Gasteiger partial charge < -0.3 is 10.6 Å². The zero-order chi connectivity index (χ0) is 13.7. The van der Waals surface area contributed by atoms with Crippen LogP contribution in [0.4, 0.5) is 0 Å². The summed E-state index contributed by atoms with van der Waals surface area (Å²) < 4.78 is 0. The van der Waals surface area contributed by atoms with Crippen molar-refractivity contribution in [3.05, 3.63) is 0 Å². The minimum Gasteiger partial charge on any atom is -0.353 e. The first kappa shape index (κ1) is 14.8. The summed E-state index contributed by atoms with van der Waals surface area (Å²) in [4.78, 5) is 12.3. The molecule has 1 aliphatic carbocycles. The number of carbonyl (C=O) groups excluding carboxylic acids is 1. The highest BCUT2D eigenvalue weighted by Gasteiger charge is 2.28. The molecule has 2 N–H and O–H groups in total. The number of piperidine rings is 1. The number of rotatable bonds is 4. The Hall–Kier alpha value is -0.570. The third-order valence-electron chi connectivity index (χ3n) is 4.88. The minimum absolute atomic E-state index is 0.240. The van der Waals surface area contributed by atoms with Crippen molar-refractivity contribution in [2.75, 3.05) is 6.54 Å². The topological polar surface area (TPSA) is 41.1 Å². The van der Waals surface area contributed by atoms with E-state index in [1.165, 1.54) is 38.5 Å². The number of nitrogens with one attached hydrogen (secondary N) is 2. The molecule has 0 unspecified atom stereocenters. The smallest absolute Gasteiger partial charge is 0.223 e. The Balaban J connectivity index is 1.71. The molecule has 0 radical (unpaired) electrons. The van der Waals surface area contributed by atoms with Crippen molar-refractivity contribution in [3.63, 3.8) is 0 Å². The summed E-state index contributed by atoms with van der Waals surface area (Å²) in [6, 6.07) is 0.940. The SMILES string of the molecule is CCCC1CCC(NC(=O)[C@H]2CCN[C@@H](C)C2)CC1. The van der Waals surface area contributed by atoms with E-state index in [9.17, 15) is 4.79 Å². The van der Waals surface area contributed by atoms with Crippen LogP contribution in [0.1, 0.15) is 65.2 Å². The molecule has 3 nitrogen and oxygen atoms in total. The average Bonchev–Trinajstić information content (AvgIpc) is 2.41. The van der Waals surface area contributed by atoms with Crippen molar-refractivity contribution in [3.8, 4) is 0 Å². The normalized spacial score (nSPS) is 35.9. The number of hydrogen-bond acceptors (Lipinski definition) is 2. The molecule has 2 aliphatic rings. The van der Waals surface area contributed by atoms with Crippen molar-refractivity contribution in [1.82, 2.24) is 10.6 Å². The van der Waals surface area contributed by atoms with Gasteiger partial charge in [-0.25, -0.2) is 0 Å². The highest BCUT2D eigenvalue weighted by atomic mass is 16.1. The van der Waals surface area contributed by atoms with Crippen molar-refractivity contribution in [2.45, 2.75) is 77.3 Å². The highest BCUT2D eigenvalue weighted by molar-refractivity contribution is 5.79. The fourth-order valence-corrected chi connectivity index (χ4v) is 3.69. The van der Waals surface area contributed by atoms with E-state index in [0.29, 0.717) is 18.0 Å². The molecule has 3 heteroatoms. The van der Waals surface area contributed by atoms with Gasteiger partial charge in [0.2, 0.25) is 5.91 Å². The van der Waals surface area contributed by atoms with E-state index in [4.69, 9.17) is 0 Å². The summed E-state index contributed by atoms with van der Waals surface area (Å²) >= 11 is 0. The van der Waals surface area contributed by atoms with Crippen LogP contribution in [0.2, 0.25) is 0 Å². The van der Waals surface area contributed by atoms with Crippen LogP contribution in [0.3, 0.4) is 0 Å². The number of amides is 1. The first-order valence-electron chi connectivity index (χ1n) is 8.22. The summed E-state index contributed by atoms with van der Waals surface area (Å²) in [6.45, 7) is 5.43. The van der Waals surface area contributed by atoms with Gasteiger partial charge in [0.05, 0.1) is 0 Å². The Bertz CT molecular complexity index is 284. The highest BCUT2D eigenvalue weighted by Crippen LogP contribution is 2.28. The van der Waals surface area contributed by atoms with Crippen LogP contribution in [-0.2, 0) is 4.79 Å². The van der Waals surface area contributed by atoms with E-state index in [1.54, 1.807) is 0 Å². The van der Waals surface area contributed by atoms with E-state index in [1.807, 2.05) is 0 Å². The lowest BCUT2D eigenvalue weighted by molar-refractivity contribution is -0.127. The molecule has 110 valence electrons. The second kappa shape index (κ2) is 7.28. The first-order chi connectivity index (χ1) is 9.19. The van der Waals surface area contributed by atoms with Crippen LogP contribution in [0.15, 0.2) is 0 Å². The zero-order valence-electron chi connectivity index (χ0n) is 12.6. The fourth-order valence-electron chi connectivity index (χ4n) is 3.69. The van der Waals surface area contributed by atoms with E-state index in [-0.39, 0.29) is 5.92 Å². The molecule has 1 heterocycles. The largest absolute Gasteiger partial charge is 0.353 e. The minimum atomic E-state index is 0.240. The Kier molecular flexibility index (Phi) is 5.68. The van der Waals surface area contributed by atoms with E-state index < -0.39 is 0 Å². The molecule has 1 saturated heterocycles. The van der Waals surface area contributed by atoms with Crippen LogP contribution in [-0.4, -0.2) is 24.5 Å². The van der Waals surface area contributed by atoms with Crippen molar-refractivity contribution >= 4 is 5.91 Å². The Morgan fingerprint density at radius 2 is 1.95 bits per heavy atom. The van der Waals surface area contributed by atoms with E-state index in [2.05, 4.69) is 24.5 Å². The molecule has 1 saturated carbocycles. The van der Waals surface area contributed by atoms with Crippen LogP contribution in [0, 0.1) is 11.8 Å². The standard InChI is InChI=1S/C16H30N2O/c1-3-4-13-5-7-15(8-6-13)18-16(19)14-9-10-17-12(2)11-14/h12-15,17H,3-11H2,1-2H3,(H,18,19)/t12-,13?,14-,15?/m0/s1. The van der Waals surface area contributed by atoms with Gasteiger partial charge in [-0.05, 0) is 57.9 Å². The number of hydrogen-bond donors (Lipinski definition) is 2. The van der Waals surface area contributed by atoms with Crippen LogP contribution < -0.4 is 10.6 Å². The lowest BCUT2D eigenvalue weighted by Crippen LogP contribution is -2.46. The maximum atomic E-state index is 12.3. The average molecular weight is 266 g/mol. The maximum Gasteiger partial charge on any atom is 0.223 e. The molecule has 19 heavy (non-hydrogen) atoms. The van der Waals surface area contributed by atoms with Gasteiger partial charge in [-0.15, -0.1) is 0 Å². The summed E-state index contributed by atoms with van der Waals surface area (Å²) in [5.41, 5.74) is 0. The van der Waals surface area contributed by atoms with Gasteiger partial charge in [0.1, 0.15) is 0 Å². The predicted molar refractivity (Wildman–Crippen MR) is 79.0 cm³/mol. The second-order valence-electron chi connectivity index (χ2n) is 6.59. The molecule has 0 spiro atoms. The van der Waals surface area contributed by atoms with E-state index in [0.717, 1.165) is 25.3 Å². The third-order valence-corrected chi connectivity index (χ3v) is 4.88. The van der Waals surface area contributed by atoms with Crippen molar-refractivity contribution in [2.24, 2.45) is 11.8 Å². The molecule has 1 amide bonds. The van der Waals surface area contributed by atoms with E-state index >= 15 is 0 Å². The Morgan fingerprint density at radius 1 is 1.21 bits per heavy atom. The monoisotopic (exact) mass is 266 g/mol. The van der Waals surface area contributed by atoms with Gasteiger partial charge in [0.25, 0.3) is 0 Å². The molecule has 2 atom stereocenters. The molecule has 2 rings (SSSR count). The first-order valence-corrected chi connectivity index (χ1v) is 8.22. The van der Waals surface area contributed by atoms with Gasteiger partial charge in [0.15, 0.2) is 0 Å². The van der Waals surface area contributed by atoms with Gasteiger partial charge in [-0.2, -0.15) is 0 Å². The predicted octanol–water partition coefficient (Wildman–Crippen LogP) is 2.85. The summed E-state index contributed by atoms with van der Waals surface area (Å²) in [7, 11) is 0. The summed E-state index contributed by atoms with van der Waals surface area (Å²) in [6.07, 6.45) is 9.66. The lowest BCUT2D eigenvalue weighted by atomic mass is 9.83. The van der Waals surface area contributed by atoms with Crippen LogP contribution >= 0.6 is 0 Å². The molecule has 0 aromatic heterocycles. The molecular weight excluding hydrogens is 236 g/mol. The Morgan fingerprint density at radius 3 is 2.58 bits per heavy atom. The van der Waals surface area contributed by atoms with Gasteiger partial charge in [-0.3, -0.25) is 4.79 Å². The quantitative estimate of drug-likeness (QED) is 0.821. The molecule has 0 aromatic rings. The third kappa shape index (κ3) is 4.48. The van der Waals surface area contributed by atoms with Gasteiger partial charge >= 0.3 is 0 Å². The van der Waals surface area contributed by atoms with Crippen LogP contribution in [0.25, 0.3) is 0 Å². The summed E-state index contributed by atoms with van der Waals surface area (Å²) in [5.74, 6) is 1.47. The molecule has 2 fully saturated rings. The van der Waals surface area contributed by atoms with Crippen LogP contribution in [0.5, 0.6) is 0 Å². The van der Waals surface area contributed by atoms with Crippen molar-refractivity contribution in [1.29, 1.82) is 0 Å².